The predicted octanol–water partition coefficient (Wildman–Crippen LogP) is 3.39. The van der Waals surface area contributed by atoms with E-state index >= 15 is 0 Å². The second kappa shape index (κ2) is 9.39. The third-order valence-corrected chi connectivity index (χ3v) is 6.31. The normalized spacial score (nSPS) is 13.7. The van der Waals surface area contributed by atoms with Crippen molar-refractivity contribution < 1.29 is 14.0 Å². The molecule has 166 valence electrons. The molecule has 1 aliphatic heterocycles. The highest BCUT2D eigenvalue weighted by atomic mass is 32.1. The molecule has 3 amide bonds. The van der Waals surface area contributed by atoms with E-state index in [1.807, 2.05) is 19.1 Å². The van der Waals surface area contributed by atoms with Crippen molar-refractivity contribution in [3.63, 3.8) is 0 Å². The summed E-state index contributed by atoms with van der Waals surface area (Å²) in [7, 11) is 0. The van der Waals surface area contributed by atoms with E-state index in [1.54, 1.807) is 41.2 Å². The summed E-state index contributed by atoms with van der Waals surface area (Å²) in [5.74, 6) is -0.259. The van der Waals surface area contributed by atoms with Gasteiger partial charge in [0.15, 0.2) is 5.13 Å². The van der Waals surface area contributed by atoms with Crippen LogP contribution in [0.4, 0.5) is 14.3 Å². The van der Waals surface area contributed by atoms with Gasteiger partial charge in [0.2, 0.25) is 0 Å². The molecule has 1 aromatic carbocycles. The lowest BCUT2D eigenvalue weighted by molar-refractivity contribution is 0.0953. The van der Waals surface area contributed by atoms with Crippen LogP contribution in [0.3, 0.4) is 0 Å². The van der Waals surface area contributed by atoms with Crippen molar-refractivity contribution >= 4 is 28.4 Å². The van der Waals surface area contributed by atoms with Crippen LogP contribution in [0.5, 0.6) is 0 Å². The lowest BCUT2D eigenvalue weighted by Gasteiger charge is -2.17. The third-order valence-electron chi connectivity index (χ3n) is 5.13. The molecule has 32 heavy (non-hydrogen) atoms. The first-order valence-corrected chi connectivity index (χ1v) is 11.0. The van der Waals surface area contributed by atoms with Crippen LogP contribution in [0, 0.1) is 13.8 Å². The maximum absolute atomic E-state index is 12.9. The highest BCUT2D eigenvalue weighted by molar-refractivity contribution is 7.17. The number of alkyl halides is 1. The van der Waals surface area contributed by atoms with Gasteiger partial charge in [0.05, 0.1) is 29.8 Å². The summed E-state index contributed by atoms with van der Waals surface area (Å²) >= 11 is 1.20. The average Bonchev–Trinajstić information content (AvgIpc) is 3.36. The Bertz CT molecular complexity index is 1120. The van der Waals surface area contributed by atoms with E-state index in [4.69, 9.17) is 0 Å². The molecule has 1 aliphatic rings. The van der Waals surface area contributed by atoms with E-state index < -0.39 is 6.67 Å². The molecule has 0 atom stereocenters. The number of aromatic nitrogens is 3. The first-order chi connectivity index (χ1) is 15.4. The molecule has 2 aromatic heterocycles. The van der Waals surface area contributed by atoms with Crippen LogP contribution in [0.2, 0.25) is 0 Å². The van der Waals surface area contributed by atoms with Crippen molar-refractivity contribution in [2.45, 2.75) is 33.6 Å². The van der Waals surface area contributed by atoms with Gasteiger partial charge in [-0.15, -0.1) is 0 Å². The van der Waals surface area contributed by atoms with Crippen molar-refractivity contribution in [3.8, 4) is 0 Å². The maximum atomic E-state index is 12.9. The van der Waals surface area contributed by atoms with Gasteiger partial charge >= 0.3 is 6.03 Å². The van der Waals surface area contributed by atoms with Gasteiger partial charge < -0.3 is 10.2 Å². The molecule has 0 spiro atoms. The van der Waals surface area contributed by atoms with E-state index in [0.717, 1.165) is 11.3 Å². The van der Waals surface area contributed by atoms with Crippen LogP contribution in [0.1, 0.15) is 37.9 Å². The summed E-state index contributed by atoms with van der Waals surface area (Å²) in [4.78, 5) is 42.2. The SMILES string of the molecule is Cc1cnc(CNC(=O)c2sc(N3CCN(Cc4ccc(CF)cc4)C3=O)nc2C)cn1. The minimum absolute atomic E-state index is 0.157. The third kappa shape index (κ3) is 4.75. The molecule has 0 unspecified atom stereocenters. The van der Waals surface area contributed by atoms with E-state index in [-0.39, 0.29) is 18.5 Å². The Labute approximate surface area is 189 Å². The molecule has 0 radical (unpaired) electrons. The highest BCUT2D eigenvalue weighted by Crippen LogP contribution is 2.29. The summed E-state index contributed by atoms with van der Waals surface area (Å²) in [6, 6.07) is 6.96. The van der Waals surface area contributed by atoms with E-state index in [1.165, 1.54) is 11.3 Å². The molecule has 10 heteroatoms. The van der Waals surface area contributed by atoms with Crippen LogP contribution in [-0.4, -0.2) is 44.9 Å². The van der Waals surface area contributed by atoms with Crippen LogP contribution in [0.15, 0.2) is 36.7 Å². The van der Waals surface area contributed by atoms with Crippen molar-refractivity contribution in [1.29, 1.82) is 0 Å². The van der Waals surface area contributed by atoms with Crippen LogP contribution < -0.4 is 10.2 Å². The Morgan fingerprint density at radius 2 is 1.88 bits per heavy atom. The quantitative estimate of drug-likeness (QED) is 0.591. The van der Waals surface area contributed by atoms with E-state index in [9.17, 15) is 14.0 Å². The Kier molecular flexibility index (Phi) is 6.40. The molecule has 0 saturated carbocycles. The fourth-order valence-corrected chi connectivity index (χ4v) is 4.33. The Balaban J connectivity index is 1.39. The van der Waals surface area contributed by atoms with E-state index in [0.29, 0.717) is 46.6 Å². The van der Waals surface area contributed by atoms with Gasteiger partial charge in [-0.1, -0.05) is 35.6 Å². The number of amides is 3. The number of hydrogen-bond donors (Lipinski definition) is 1. The summed E-state index contributed by atoms with van der Waals surface area (Å²) in [6.45, 7) is 4.85. The van der Waals surface area contributed by atoms with Crippen molar-refractivity contribution in [1.82, 2.24) is 25.2 Å². The van der Waals surface area contributed by atoms with Crippen molar-refractivity contribution in [2.24, 2.45) is 0 Å². The van der Waals surface area contributed by atoms with Gasteiger partial charge in [-0.05, 0) is 25.0 Å². The fourth-order valence-electron chi connectivity index (χ4n) is 3.33. The molecule has 3 aromatic rings. The number of thiazole rings is 1. The summed E-state index contributed by atoms with van der Waals surface area (Å²) < 4.78 is 12.7. The Morgan fingerprint density at radius 1 is 1.12 bits per heavy atom. The first-order valence-electron chi connectivity index (χ1n) is 10.2. The lowest BCUT2D eigenvalue weighted by Crippen LogP contribution is -2.31. The molecule has 1 N–H and O–H groups in total. The van der Waals surface area contributed by atoms with Gasteiger partial charge in [0.1, 0.15) is 11.6 Å². The van der Waals surface area contributed by atoms with Crippen molar-refractivity contribution in [2.75, 3.05) is 18.0 Å². The number of carbonyl (C=O) groups excluding carboxylic acids is 2. The molecule has 1 saturated heterocycles. The van der Waals surface area contributed by atoms with Gasteiger partial charge in [0.25, 0.3) is 5.91 Å². The Morgan fingerprint density at radius 3 is 2.56 bits per heavy atom. The second-order valence-corrected chi connectivity index (χ2v) is 8.53. The minimum Gasteiger partial charge on any atom is -0.346 e. The standard InChI is InChI=1S/C22H23FN6O2S/c1-14-10-25-18(11-24-14)12-26-20(30)19-15(2)27-21(32-19)29-8-7-28(22(29)31)13-17-5-3-16(9-23)4-6-17/h3-6,10-11H,7-9,12-13H2,1-2H3,(H,26,30). The number of halogens is 1. The number of aryl methyl sites for hydroxylation is 2. The maximum Gasteiger partial charge on any atom is 0.326 e. The topological polar surface area (TPSA) is 91.3 Å². The van der Waals surface area contributed by atoms with Crippen LogP contribution >= 0.6 is 11.3 Å². The lowest BCUT2D eigenvalue weighted by atomic mass is 10.1. The zero-order chi connectivity index (χ0) is 22.7. The molecular formula is C22H23FN6O2S. The minimum atomic E-state index is -0.506. The van der Waals surface area contributed by atoms with Crippen molar-refractivity contribution in [3.05, 3.63) is 69.7 Å². The molecule has 0 bridgehead atoms. The number of carbonyl (C=O) groups is 2. The van der Waals surface area contributed by atoms with Crippen LogP contribution in [0.25, 0.3) is 0 Å². The molecule has 3 heterocycles. The van der Waals surface area contributed by atoms with Gasteiger partial charge in [0, 0.05) is 25.8 Å². The largest absolute Gasteiger partial charge is 0.346 e. The van der Waals surface area contributed by atoms with Gasteiger partial charge in [-0.2, -0.15) is 0 Å². The van der Waals surface area contributed by atoms with Gasteiger partial charge in [-0.3, -0.25) is 19.7 Å². The van der Waals surface area contributed by atoms with Gasteiger partial charge in [-0.25, -0.2) is 14.2 Å². The molecule has 1 fully saturated rings. The second-order valence-electron chi connectivity index (χ2n) is 7.55. The summed E-state index contributed by atoms with van der Waals surface area (Å²) in [5.41, 5.74) is 3.60. The Hall–Kier alpha value is -3.40. The molecule has 0 aliphatic carbocycles. The number of hydrogen-bond acceptors (Lipinski definition) is 6. The smallest absolute Gasteiger partial charge is 0.326 e. The average molecular weight is 455 g/mol. The first kappa shape index (κ1) is 21.8. The summed E-state index contributed by atoms with van der Waals surface area (Å²) in [6.07, 6.45) is 3.28. The van der Waals surface area contributed by atoms with E-state index in [2.05, 4.69) is 20.3 Å². The predicted molar refractivity (Wildman–Crippen MR) is 119 cm³/mol. The number of urea groups is 1. The monoisotopic (exact) mass is 454 g/mol. The number of benzene rings is 1. The fraction of sp³-hybridized carbons (Fsp3) is 0.318. The summed E-state index contributed by atoms with van der Waals surface area (Å²) in [5, 5.41) is 3.33. The number of anilines is 1. The number of nitrogens with one attached hydrogen (secondary N) is 1. The number of rotatable bonds is 7. The molecule has 4 rings (SSSR count). The molecule has 8 nitrogen and oxygen atoms in total. The molecular weight excluding hydrogens is 431 g/mol. The van der Waals surface area contributed by atoms with Crippen LogP contribution in [-0.2, 0) is 19.8 Å². The number of nitrogens with zero attached hydrogens (tertiary/aromatic N) is 5. The zero-order valence-electron chi connectivity index (χ0n) is 17.8. The highest BCUT2D eigenvalue weighted by Gasteiger charge is 2.32. The zero-order valence-corrected chi connectivity index (χ0v) is 18.7.